The molecule has 4 amide bonds. The Morgan fingerprint density at radius 2 is 2.18 bits per heavy atom. The molecule has 0 spiro atoms. The number of ether oxygens (including phenoxy) is 1. The second-order valence-electron chi connectivity index (χ2n) is 6.09. The molecule has 0 bridgehead atoms. The third-order valence-corrected chi connectivity index (χ3v) is 4.88. The van der Waals surface area contributed by atoms with Gasteiger partial charge in [0, 0.05) is 24.2 Å². The highest BCUT2D eigenvalue weighted by molar-refractivity contribution is 7.99. The number of benzene rings is 1. The first-order chi connectivity index (χ1) is 13.4. The van der Waals surface area contributed by atoms with Gasteiger partial charge in [0.25, 0.3) is 5.22 Å². The van der Waals surface area contributed by atoms with Crippen LogP contribution in [0.25, 0.3) is 0 Å². The van der Waals surface area contributed by atoms with Crippen molar-refractivity contribution < 1.29 is 23.5 Å². The summed E-state index contributed by atoms with van der Waals surface area (Å²) in [6.45, 7) is 1.73. The molecule has 1 fully saturated rings. The lowest BCUT2D eigenvalue weighted by atomic mass is 9.95. The van der Waals surface area contributed by atoms with Crippen molar-refractivity contribution >= 4 is 35.3 Å². The molecule has 1 aliphatic rings. The Kier molecular flexibility index (Phi) is 6.14. The fourth-order valence-electron chi connectivity index (χ4n) is 2.64. The highest BCUT2D eigenvalue weighted by Gasteiger charge is 2.34. The largest absolute Gasteiger partial charge is 0.497 e. The Balaban J connectivity index is 1.51. The lowest BCUT2D eigenvalue weighted by Gasteiger charge is -2.27. The van der Waals surface area contributed by atoms with Crippen molar-refractivity contribution in [1.29, 1.82) is 0 Å². The molecule has 1 aliphatic heterocycles. The smallest absolute Gasteiger partial charge is 0.321 e. The predicted molar refractivity (Wildman–Crippen MR) is 100.0 cm³/mol. The van der Waals surface area contributed by atoms with E-state index in [0.717, 1.165) is 11.8 Å². The Hall–Kier alpha value is -3.08. The van der Waals surface area contributed by atoms with Crippen LogP contribution in [0, 0.1) is 5.92 Å². The van der Waals surface area contributed by atoms with E-state index in [0.29, 0.717) is 11.4 Å². The molecule has 2 atom stereocenters. The molecule has 3 rings (SSSR count). The van der Waals surface area contributed by atoms with Gasteiger partial charge in [0.15, 0.2) is 0 Å². The van der Waals surface area contributed by atoms with Gasteiger partial charge in [-0.3, -0.25) is 14.9 Å². The first kappa shape index (κ1) is 19.7. The molecule has 0 radical (unpaired) electrons. The number of hydrogen-bond acceptors (Lipinski definition) is 8. The average molecular weight is 405 g/mol. The quantitative estimate of drug-likeness (QED) is 0.585. The van der Waals surface area contributed by atoms with Gasteiger partial charge >= 0.3 is 6.03 Å². The van der Waals surface area contributed by atoms with Gasteiger partial charge in [-0.1, -0.05) is 17.8 Å². The summed E-state index contributed by atoms with van der Waals surface area (Å²) in [5, 5.41) is 15.6. The number of rotatable bonds is 7. The minimum atomic E-state index is -0.516. The number of anilines is 1. The molecule has 2 unspecified atom stereocenters. The Labute approximate surface area is 164 Å². The van der Waals surface area contributed by atoms with E-state index in [2.05, 4.69) is 26.1 Å². The first-order valence-electron chi connectivity index (χ1n) is 8.45. The van der Waals surface area contributed by atoms with Crippen molar-refractivity contribution in [2.75, 3.05) is 18.2 Å². The number of carbonyl (C=O) groups is 3. The summed E-state index contributed by atoms with van der Waals surface area (Å²) < 4.78 is 10.6. The fourth-order valence-corrected chi connectivity index (χ4v) is 3.22. The number of urea groups is 1. The number of amides is 4. The van der Waals surface area contributed by atoms with Gasteiger partial charge in [-0.15, -0.1) is 10.2 Å². The zero-order chi connectivity index (χ0) is 20.1. The molecule has 10 nitrogen and oxygen atoms in total. The van der Waals surface area contributed by atoms with Gasteiger partial charge in [0.1, 0.15) is 5.75 Å². The molecule has 0 aliphatic carbocycles. The van der Waals surface area contributed by atoms with Crippen LogP contribution < -0.4 is 20.7 Å². The normalized spacial score (nSPS) is 18.9. The standard InChI is InChI=1S/C17H19N5O5S/c1-9-12(15(24)20-16(25)18-9)7-14-21-22-17(27-14)28-8-13(23)19-10-4-3-5-11(6-10)26-2/h3-6,9,12H,7-8H2,1-2H3,(H,19,23)(H2,18,20,24,25). The molecule has 1 aromatic carbocycles. The van der Waals surface area contributed by atoms with Crippen molar-refractivity contribution in [1.82, 2.24) is 20.8 Å². The Morgan fingerprint density at radius 1 is 1.36 bits per heavy atom. The molecule has 148 valence electrons. The van der Waals surface area contributed by atoms with Gasteiger partial charge < -0.3 is 19.8 Å². The minimum absolute atomic E-state index is 0.0786. The Bertz CT molecular complexity index is 886. The second kappa shape index (κ2) is 8.74. The number of hydrogen-bond donors (Lipinski definition) is 3. The molecule has 11 heteroatoms. The minimum Gasteiger partial charge on any atom is -0.497 e. The number of thioether (sulfide) groups is 1. The van der Waals surface area contributed by atoms with Crippen molar-refractivity contribution in [3.63, 3.8) is 0 Å². The number of aromatic nitrogens is 2. The van der Waals surface area contributed by atoms with Gasteiger partial charge in [-0.2, -0.15) is 0 Å². The highest BCUT2D eigenvalue weighted by Crippen LogP contribution is 2.21. The van der Waals surface area contributed by atoms with E-state index in [1.54, 1.807) is 38.3 Å². The number of imide groups is 1. The summed E-state index contributed by atoms with van der Waals surface area (Å²) in [5.41, 5.74) is 0.621. The lowest BCUT2D eigenvalue weighted by molar-refractivity contribution is -0.125. The molecule has 0 saturated carbocycles. The van der Waals surface area contributed by atoms with E-state index in [-0.39, 0.29) is 41.1 Å². The van der Waals surface area contributed by atoms with E-state index < -0.39 is 11.9 Å². The van der Waals surface area contributed by atoms with Gasteiger partial charge in [0.05, 0.1) is 18.8 Å². The molecule has 28 heavy (non-hydrogen) atoms. The summed E-state index contributed by atoms with van der Waals surface area (Å²) in [6.07, 6.45) is 0.191. The van der Waals surface area contributed by atoms with E-state index in [9.17, 15) is 14.4 Å². The van der Waals surface area contributed by atoms with E-state index in [1.165, 1.54) is 0 Å². The van der Waals surface area contributed by atoms with Crippen LogP contribution in [0.5, 0.6) is 5.75 Å². The average Bonchev–Trinajstić information content (AvgIpc) is 3.11. The van der Waals surface area contributed by atoms with E-state index >= 15 is 0 Å². The zero-order valence-electron chi connectivity index (χ0n) is 15.2. The van der Waals surface area contributed by atoms with Crippen LogP contribution in [0.4, 0.5) is 10.5 Å². The van der Waals surface area contributed by atoms with Crippen LogP contribution in [0.3, 0.4) is 0 Å². The number of nitrogens with one attached hydrogen (secondary N) is 3. The molecular weight excluding hydrogens is 386 g/mol. The topological polar surface area (TPSA) is 135 Å². The van der Waals surface area contributed by atoms with Crippen molar-refractivity contribution in [2.24, 2.45) is 5.92 Å². The van der Waals surface area contributed by atoms with E-state index in [1.807, 2.05) is 0 Å². The zero-order valence-corrected chi connectivity index (χ0v) is 16.0. The molecule has 1 aromatic heterocycles. The summed E-state index contributed by atoms with van der Waals surface area (Å²) >= 11 is 1.09. The molecular formula is C17H19N5O5S. The number of carbonyl (C=O) groups excluding carboxylic acids is 3. The fraction of sp³-hybridized carbons (Fsp3) is 0.353. The van der Waals surface area contributed by atoms with Gasteiger partial charge in [0.2, 0.25) is 17.7 Å². The lowest BCUT2D eigenvalue weighted by Crippen LogP contribution is -2.57. The molecule has 2 aromatic rings. The highest BCUT2D eigenvalue weighted by atomic mass is 32.2. The summed E-state index contributed by atoms with van der Waals surface area (Å²) in [6, 6.07) is 6.16. The van der Waals surface area contributed by atoms with Gasteiger partial charge in [-0.25, -0.2) is 4.79 Å². The third kappa shape index (κ3) is 5.00. The van der Waals surface area contributed by atoms with Crippen LogP contribution in [0.2, 0.25) is 0 Å². The first-order valence-corrected chi connectivity index (χ1v) is 9.43. The predicted octanol–water partition coefficient (Wildman–Crippen LogP) is 1.20. The molecule has 3 N–H and O–H groups in total. The Morgan fingerprint density at radius 3 is 2.93 bits per heavy atom. The van der Waals surface area contributed by atoms with Crippen LogP contribution in [0.15, 0.2) is 33.9 Å². The SMILES string of the molecule is COc1cccc(NC(=O)CSc2nnc(CC3C(=O)NC(=O)NC3C)o2)c1. The number of methoxy groups -OCH3 is 1. The van der Waals surface area contributed by atoms with Gasteiger partial charge in [-0.05, 0) is 19.1 Å². The maximum atomic E-state index is 12.1. The molecule has 2 heterocycles. The maximum absolute atomic E-state index is 12.1. The van der Waals surface area contributed by atoms with Crippen LogP contribution in [-0.2, 0) is 16.0 Å². The monoisotopic (exact) mass is 405 g/mol. The number of nitrogens with zero attached hydrogens (tertiary/aromatic N) is 2. The summed E-state index contributed by atoms with van der Waals surface area (Å²) in [4.78, 5) is 35.3. The van der Waals surface area contributed by atoms with Crippen molar-refractivity contribution in [3.05, 3.63) is 30.2 Å². The van der Waals surface area contributed by atoms with Crippen LogP contribution in [0.1, 0.15) is 12.8 Å². The second-order valence-corrected chi connectivity index (χ2v) is 7.02. The van der Waals surface area contributed by atoms with Crippen molar-refractivity contribution in [2.45, 2.75) is 24.6 Å². The molecule has 1 saturated heterocycles. The maximum Gasteiger partial charge on any atom is 0.321 e. The van der Waals surface area contributed by atoms with Crippen LogP contribution >= 0.6 is 11.8 Å². The summed E-state index contributed by atoms with van der Waals surface area (Å²) in [7, 11) is 1.55. The summed E-state index contributed by atoms with van der Waals surface area (Å²) in [5.74, 6) is -0.146. The van der Waals surface area contributed by atoms with Crippen LogP contribution in [-0.4, -0.2) is 46.9 Å². The van der Waals surface area contributed by atoms with Crippen molar-refractivity contribution in [3.8, 4) is 5.75 Å². The third-order valence-electron chi connectivity index (χ3n) is 4.06. The van der Waals surface area contributed by atoms with E-state index in [4.69, 9.17) is 9.15 Å².